The Balaban J connectivity index is 1.75. The first-order valence-corrected chi connectivity index (χ1v) is 10.2. The average Bonchev–Trinajstić information content (AvgIpc) is 2.81. The van der Waals surface area contributed by atoms with Gasteiger partial charge in [0, 0.05) is 34.4 Å². The Morgan fingerprint density at radius 3 is 1.47 bits per heavy atom. The number of rotatable bonds is 8. The third-order valence-corrected chi connectivity index (χ3v) is 5.15. The van der Waals surface area contributed by atoms with E-state index < -0.39 is 9.85 Å². The van der Waals surface area contributed by atoms with Crippen LogP contribution in [0.3, 0.4) is 0 Å². The summed E-state index contributed by atoms with van der Waals surface area (Å²) in [5.74, 6) is -0.750. The van der Waals surface area contributed by atoms with Crippen molar-refractivity contribution in [2.75, 3.05) is 0 Å². The molecule has 0 aliphatic heterocycles. The molecular weight excluding hydrogens is 436 g/mol. The standard InChI is InChI=1S/C26H20N2O6/c1-17-6-10-21(15-23(17)27(31)32)25(29)12-8-19-4-3-5-20(14-19)9-13-26(30)22-11-7-18(2)24(16-22)28(33)34/h3-16H,1-2H3. The van der Waals surface area contributed by atoms with E-state index in [-0.39, 0.29) is 34.1 Å². The predicted octanol–water partition coefficient (Wildman–Crippen LogP) is 5.91. The first-order valence-electron chi connectivity index (χ1n) is 10.2. The molecule has 0 N–H and O–H groups in total. The van der Waals surface area contributed by atoms with E-state index in [0.29, 0.717) is 22.3 Å². The minimum absolute atomic E-state index is 0.116. The molecule has 0 aromatic heterocycles. The molecule has 0 aliphatic carbocycles. The predicted molar refractivity (Wildman–Crippen MR) is 129 cm³/mol. The van der Waals surface area contributed by atoms with E-state index in [1.807, 2.05) is 0 Å². The molecule has 0 radical (unpaired) electrons. The molecule has 0 unspecified atom stereocenters. The van der Waals surface area contributed by atoms with Crippen LogP contribution in [0.2, 0.25) is 0 Å². The fourth-order valence-corrected chi connectivity index (χ4v) is 3.22. The lowest BCUT2D eigenvalue weighted by molar-refractivity contribution is -0.385. The molecule has 0 aliphatic rings. The van der Waals surface area contributed by atoms with Crippen LogP contribution in [-0.2, 0) is 0 Å². The summed E-state index contributed by atoms with van der Waals surface area (Å²) in [5.41, 5.74) is 2.51. The molecule has 3 rings (SSSR count). The summed E-state index contributed by atoms with van der Waals surface area (Å²) >= 11 is 0. The number of nitrogens with zero attached hydrogens (tertiary/aromatic N) is 2. The second kappa shape index (κ2) is 10.3. The number of nitro benzene ring substituents is 2. The third kappa shape index (κ3) is 5.74. The number of allylic oxidation sites excluding steroid dienone is 2. The lowest BCUT2D eigenvalue weighted by Gasteiger charge is -2.01. The lowest BCUT2D eigenvalue weighted by atomic mass is 10.0. The molecule has 0 fully saturated rings. The van der Waals surface area contributed by atoms with Gasteiger partial charge in [0.2, 0.25) is 0 Å². The smallest absolute Gasteiger partial charge is 0.273 e. The van der Waals surface area contributed by atoms with Gasteiger partial charge >= 0.3 is 0 Å². The van der Waals surface area contributed by atoms with Crippen LogP contribution in [-0.4, -0.2) is 21.4 Å². The fourth-order valence-electron chi connectivity index (χ4n) is 3.22. The number of nitro groups is 2. The highest BCUT2D eigenvalue weighted by Crippen LogP contribution is 2.21. The van der Waals surface area contributed by atoms with Crippen molar-refractivity contribution in [2.45, 2.75) is 13.8 Å². The lowest BCUT2D eigenvalue weighted by Crippen LogP contribution is -1.98. The minimum Gasteiger partial charge on any atom is -0.289 e. The highest BCUT2D eigenvalue weighted by atomic mass is 16.6. The molecule has 34 heavy (non-hydrogen) atoms. The maximum atomic E-state index is 12.4. The number of benzene rings is 3. The second-order valence-electron chi connectivity index (χ2n) is 7.58. The van der Waals surface area contributed by atoms with E-state index >= 15 is 0 Å². The number of carbonyl (C=O) groups is 2. The molecular formula is C26H20N2O6. The zero-order valence-electron chi connectivity index (χ0n) is 18.4. The Kier molecular flexibility index (Phi) is 7.23. The molecule has 0 spiro atoms. The molecule has 0 saturated heterocycles. The third-order valence-electron chi connectivity index (χ3n) is 5.15. The molecule has 0 bridgehead atoms. The quantitative estimate of drug-likeness (QED) is 0.180. The number of hydrogen-bond acceptors (Lipinski definition) is 6. The molecule has 0 amide bonds. The Bertz CT molecular complexity index is 1270. The summed E-state index contributed by atoms with van der Waals surface area (Å²) in [6.07, 6.45) is 5.81. The topological polar surface area (TPSA) is 120 Å². The number of aryl methyl sites for hydroxylation is 2. The van der Waals surface area contributed by atoms with E-state index in [0.717, 1.165) is 0 Å². The van der Waals surface area contributed by atoms with Gasteiger partial charge in [-0.1, -0.05) is 54.6 Å². The van der Waals surface area contributed by atoms with Crippen LogP contribution in [0.1, 0.15) is 43.0 Å². The van der Waals surface area contributed by atoms with Crippen LogP contribution in [0.4, 0.5) is 11.4 Å². The molecule has 0 heterocycles. The van der Waals surface area contributed by atoms with Crippen LogP contribution >= 0.6 is 0 Å². The van der Waals surface area contributed by atoms with Gasteiger partial charge in [-0.2, -0.15) is 0 Å². The van der Waals surface area contributed by atoms with Crippen molar-refractivity contribution in [1.29, 1.82) is 0 Å². The largest absolute Gasteiger partial charge is 0.289 e. The molecule has 8 heteroatoms. The molecule has 170 valence electrons. The van der Waals surface area contributed by atoms with Crippen molar-refractivity contribution in [3.63, 3.8) is 0 Å². The van der Waals surface area contributed by atoms with Gasteiger partial charge in [0.1, 0.15) is 0 Å². The fraction of sp³-hybridized carbons (Fsp3) is 0.0769. The first kappa shape index (κ1) is 23.9. The summed E-state index contributed by atoms with van der Waals surface area (Å²) in [7, 11) is 0. The summed E-state index contributed by atoms with van der Waals surface area (Å²) < 4.78 is 0. The van der Waals surface area contributed by atoms with Crippen molar-refractivity contribution in [1.82, 2.24) is 0 Å². The summed E-state index contributed by atoms with van der Waals surface area (Å²) in [5, 5.41) is 22.2. The van der Waals surface area contributed by atoms with Crippen LogP contribution in [0, 0.1) is 34.1 Å². The first-order chi connectivity index (χ1) is 16.2. The van der Waals surface area contributed by atoms with Crippen molar-refractivity contribution < 1.29 is 19.4 Å². The molecule has 3 aromatic rings. The molecule has 0 saturated carbocycles. The van der Waals surface area contributed by atoms with E-state index in [1.54, 1.807) is 50.3 Å². The van der Waals surface area contributed by atoms with Gasteiger partial charge in [0.15, 0.2) is 11.6 Å². The summed E-state index contributed by atoms with van der Waals surface area (Å²) in [6.45, 7) is 3.21. The summed E-state index contributed by atoms with van der Waals surface area (Å²) in [4.78, 5) is 46.0. The van der Waals surface area contributed by atoms with Crippen molar-refractivity contribution in [3.8, 4) is 0 Å². The van der Waals surface area contributed by atoms with Gasteiger partial charge in [-0.15, -0.1) is 0 Å². The van der Waals surface area contributed by atoms with Gasteiger partial charge in [-0.05, 0) is 43.2 Å². The molecule has 3 aromatic carbocycles. The van der Waals surface area contributed by atoms with Crippen molar-refractivity contribution >= 4 is 35.1 Å². The van der Waals surface area contributed by atoms with Gasteiger partial charge in [-0.25, -0.2) is 0 Å². The van der Waals surface area contributed by atoms with Gasteiger partial charge in [0.05, 0.1) is 9.85 Å². The monoisotopic (exact) mass is 456 g/mol. The van der Waals surface area contributed by atoms with E-state index in [2.05, 4.69) is 0 Å². The molecule has 0 atom stereocenters. The van der Waals surface area contributed by atoms with Crippen LogP contribution in [0.25, 0.3) is 12.2 Å². The van der Waals surface area contributed by atoms with Gasteiger partial charge in [0.25, 0.3) is 11.4 Å². The van der Waals surface area contributed by atoms with E-state index in [1.165, 1.54) is 48.6 Å². The normalized spacial score (nSPS) is 11.1. The van der Waals surface area contributed by atoms with Crippen molar-refractivity contribution in [2.24, 2.45) is 0 Å². The Hall–Kier alpha value is -4.72. The zero-order chi connectivity index (χ0) is 24.8. The Labute approximate surface area is 195 Å². The Morgan fingerprint density at radius 1 is 0.676 bits per heavy atom. The van der Waals surface area contributed by atoms with E-state index in [9.17, 15) is 29.8 Å². The number of ketones is 2. The van der Waals surface area contributed by atoms with E-state index in [4.69, 9.17) is 0 Å². The SMILES string of the molecule is Cc1ccc(C(=O)C=Cc2cccc(C=CC(=O)c3ccc(C)c([N+](=O)[O-])c3)c2)cc1[N+](=O)[O-]. The zero-order valence-corrected chi connectivity index (χ0v) is 18.4. The second-order valence-corrected chi connectivity index (χ2v) is 7.58. The summed E-state index contributed by atoms with van der Waals surface area (Å²) in [6, 6.07) is 15.7. The minimum atomic E-state index is -0.526. The maximum Gasteiger partial charge on any atom is 0.273 e. The maximum absolute atomic E-state index is 12.4. The van der Waals surface area contributed by atoms with Crippen LogP contribution < -0.4 is 0 Å². The Morgan fingerprint density at radius 2 is 1.09 bits per heavy atom. The van der Waals surface area contributed by atoms with Crippen LogP contribution in [0.15, 0.2) is 72.8 Å². The molecule has 8 nitrogen and oxygen atoms in total. The van der Waals surface area contributed by atoms with Crippen molar-refractivity contribution in [3.05, 3.63) is 126 Å². The van der Waals surface area contributed by atoms with Gasteiger partial charge in [-0.3, -0.25) is 29.8 Å². The van der Waals surface area contributed by atoms with Crippen LogP contribution in [0.5, 0.6) is 0 Å². The van der Waals surface area contributed by atoms with Gasteiger partial charge < -0.3 is 0 Å². The highest BCUT2D eigenvalue weighted by molar-refractivity contribution is 6.08. The number of carbonyl (C=O) groups excluding carboxylic acids is 2. The highest BCUT2D eigenvalue weighted by Gasteiger charge is 2.14. The average molecular weight is 456 g/mol. The number of hydrogen-bond donors (Lipinski definition) is 0.